The van der Waals surface area contributed by atoms with Crippen molar-refractivity contribution < 1.29 is 0 Å². The van der Waals surface area contributed by atoms with E-state index in [-0.39, 0.29) is 0 Å². The summed E-state index contributed by atoms with van der Waals surface area (Å²) in [5.41, 5.74) is 15.9. The van der Waals surface area contributed by atoms with Crippen molar-refractivity contribution >= 4 is 0 Å². The van der Waals surface area contributed by atoms with Gasteiger partial charge in [-0.2, -0.15) is 0 Å². The molecule has 0 nitrogen and oxygen atoms in total. The number of hydrogen-bond acceptors (Lipinski definition) is 0. The molecule has 2 atom stereocenters. The molecule has 0 aromatic heterocycles. The van der Waals surface area contributed by atoms with Crippen molar-refractivity contribution in [2.24, 2.45) is 17.8 Å². The van der Waals surface area contributed by atoms with Gasteiger partial charge in [0.2, 0.25) is 0 Å². The number of benzene rings is 4. The zero-order chi connectivity index (χ0) is 37.0. The van der Waals surface area contributed by atoms with Gasteiger partial charge in [0.25, 0.3) is 0 Å². The molecule has 4 aliphatic rings. The highest BCUT2D eigenvalue weighted by molar-refractivity contribution is 5.39. The Balaban J connectivity index is 0.000000134. The summed E-state index contributed by atoms with van der Waals surface area (Å²) in [4.78, 5) is 0. The Bertz CT molecular complexity index is 1660. The van der Waals surface area contributed by atoms with Gasteiger partial charge in [-0.15, -0.1) is 0 Å². The molecular formula is C52H72. The van der Waals surface area contributed by atoms with E-state index in [2.05, 4.69) is 140 Å². The first kappa shape index (κ1) is 40.1. The summed E-state index contributed by atoms with van der Waals surface area (Å²) < 4.78 is 0. The average molecular weight is 697 g/mol. The molecule has 52 heavy (non-hydrogen) atoms. The van der Waals surface area contributed by atoms with Gasteiger partial charge in [-0.25, -0.2) is 0 Å². The summed E-state index contributed by atoms with van der Waals surface area (Å²) >= 11 is 0. The molecular weight excluding hydrogens is 625 g/mol. The van der Waals surface area contributed by atoms with Crippen LogP contribution in [0.1, 0.15) is 174 Å². The first-order valence-electron chi connectivity index (χ1n) is 21.5. The molecule has 0 bridgehead atoms. The van der Waals surface area contributed by atoms with Crippen LogP contribution in [-0.2, 0) is 44.9 Å². The smallest absolute Gasteiger partial charge is 0.0136 e. The maximum atomic E-state index is 2.42. The molecule has 0 heterocycles. The van der Waals surface area contributed by atoms with Crippen LogP contribution in [-0.4, -0.2) is 0 Å². The zero-order valence-electron chi connectivity index (χ0n) is 34.4. The van der Waals surface area contributed by atoms with E-state index in [9.17, 15) is 0 Å². The van der Waals surface area contributed by atoms with Gasteiger partial charge >= 0.3 is 0 Å². The van der Waals surface area contributed by atoms with Gasteiger partial charge in [-0.1, -0.05) is 140 Å². The molecule has 0 saturated carbocycles. The molecule has 0 radical (unpaired) electrons. The lowest BCUT2D eigenvalue weighted by Gasteiger charge is -2.28. The topological polar surface area (TPSA) is 0 Å². The molecule has 8 rings (SSSR count). The number of hydrogen-bond donors (Lipinski definition) is 0. The second-order valence-electron chi connectivity index (χ2n) is 17.7. The van der Waals surface area contributed by atoms with Gasteiger partial charge in [-0.05, 0) is 181 Å². The van der Waals surface area contributed by atoms with E-state index >= 15 is 0 Å². The summed E-state index contributed by atoms with van der Waals surface area (Å²) in [7, 11) is 0. The van der Waals surface area contributed by atoms with Crippen LogP contribution >= 0.6 is 0 Å². The van der Waals surface area contributed by atoms with Gasteiger partial charge in [0.05, 0.1) is 0 Å². The molecule has 4 aliphatic carbocycles. The third kappa shape index (κ3) is 11.0. The maximum absolute atomic E-state index is 2.42. The Hall–Kier alpha value is -3.12. The Morgan fingerprint density at radius 3 is 1.73 bits per heavy atom. The third-order valence-electron chi connectivity index (χ3n) is 12.6. The van der Waals surface area contributed by atoms with Gasteiger partial charge < -0.3 is 0 Å². The Morgan fingerprint density at radius 2 is 1.04 bits per heavy atom. The first-order valence-corrected chi connectivity index (χ1v) is 21.5. The van der Waals surface area contributed by atoms with E-state index in [1.807, 2.05) is 0 Å². The van der Waals surface area contributed by atoms with Gasteiger partial charge in [0.15, 0.2) is 0 Å². The van der Waals surface area contributed by atoms with E-state index in [4.69, 9.17) is 0 Å². The van der Waals surface area contributed by atoms with Crippen LogP contribution in [0.5, 0.6) is 0 Å². The van der Waals surface area contributed by atoms with Crippen molar-refractivity contribution in [1.29, 1.82) is 0 Å². The molecule has 4 aromatic rings. The fourth-order valence-electron chi connectivity index (χ4n) is 9.24. The number of fused-ring (bicyclic) bond motifs is 4. The highest BCUT2D eigenvalue weighted by atomic mass is 14.3. The summed E-state index contributed by atoms with van der Waals surface area (Å²) in [5, 5.41) is 0. The average Bonchev–Trinajstić information content (AvgIpc) is 3.17. The quantitative estimate of drug-likeness (QED) is 0.199. The zero-order valence-corrected chi connectivity index (χ0v) is 34.4. The second kappa shape index (κ2) is 19.8. The van der Waals surface area contributed by atoms with Crippen molar-refractivity contribution in [2.45, 2.75) is 163 Å². The van der Waals surface area contributed by atoms with Crippen molar-refractivity contribution in [1.82, 2.24) is 0 Å². The fourth-order valence-corrected chi connectivity index (χ4v) is 9.24. The number of aryl methyl sites for hydroxylation is 5. The first-order chi connectivity index (χ1) is 25.1. The molecule has 0 fully saturated rings. The Morgan fingerprint density at radius 1 is 0.442 bits per heavy atom. The molecule has 0 spiro atoms. The lowest BCUT2D eigenvalue weighted by Crippen LogP contribution is -2.18. The van der Waals surface area contributed by atoms with Crippen LogP contribution in [0, 0.1) is 17.8 Å². The van der Waals surface area contributed by atoms with Crippen LogP contribution in [0.4, 0.5) is 0 Å². The van der Waals surface area contributed by atoms with Crippen molar-refractivity contribution in [3.63, 3.8) is 0 Å². The molecule has 0 heteroatoms. The van der Waals surface area contributed by atoms with Crippen molar-refractivity contribution in [3.05, 3.63) is 141 Å². The molecule has 0 amide bonds. The second-order valence-corrected chi connectivity index (χ2v) is 17.7. The van der Waals surface area contributed by atoms with E-state index in [1.54, 1.807) is 50.1 Å². The molecule has 0 N–H and O–H groups in total. The van der Waals surface area contributed by atoms with Crippen LogP contribution in [0.15, 0.2) is 84.9 Å². The van der Waals surface area contributed by atoms with Crippen molar-refractivity contribution in [3.8, 4) is 0 Å². The summed E-state index contributed by atoms with van der Waals surface area (Å²) in [6, 6.07) is 31.8. The van der Waals surface area contributed by atoms with E-state index in [1.165, 1.54) is 95.5 Å². The standard InChI is InChI=1S/4C13H18/c2*1-10(2)12-9-5-7-11-6-3-4-8-13(11)12;2*1-10(2)12-8-7-11-5-3-4-6-13(11)9-12/h5,7,9-10H,3-4,6,8H2,1-2H3;3-4,6,8,10,12H,5,7,9H2,1-2H3;7-10H,3-6H2,1-2H3;3-6,10,12H,7-9H2,1-2H3. The van der Waals surface area contributed by atoms with Crippen LogP contribution < -0.4 is 0 Å². The van der Waals surface area contributed by atoms with E-state index in [0.29, 0.717) is 11.8 Å². The largest absolute Gasteiger partial charge is 0.0625 e. The Kier molecular flexibility index (Phi) is 15.3. The minimum Gasteiger partial charge on any atom is -0.0625 e. The predicted octanol–water partition coefficient (Wildman–Crippen LogP) is 14.6. The van der Waals surface area contributed by atoms with Crippen LogP contribution in [0.2, 0.25) is 0 Å². The van der Waals surface area contributed by atoms with Gasteiger partial charge in [-0.3, -0.25) is 0 Å². The number of rotatable bonds is 4. The van der Waals surface area contributed by atoms with Crippen molar-refractivity contribution in [2.75, 3.05) is 0 Å². The maximum Gasteiger partial charge on any atom is -0.0136 e. The monoisotopic (exact) mass is 697 g/mol. The van der Waals surface area contributed by atoms with E-state index < -0.39 is 0 Å². The molecule has 0 saturated heterocycles. The summed E-state index contributed by atoms with van der Waals surface area (Å²) in [6.45, 7) is 18.5. The lowest BCUT2D eigenvalue weighted by molar-refractivity contribution is 0.343. The minimum atomic E-state index is 0.673. The minimum absolute atomic E-state index is 0.673. The highest BCUT2D eigenvalue weighted by Crippen LogP contribution is 2.36. The normalized spacial score (nSPS) is 18.8. The molecule has 4 aromatic carbocycles. The Labute approximate surface area is 320 Å². The molecule has 0 aliphatic heterocycles. The highest BCUT2D eigenvalue weighted by Gasteiger charge is 2.22. The predicted molar refractivity (Wildman–Crippen MR) is 228 cm³/mol. The lowest BCUT2D eigenvalue weighted by atomic mass is 9.77. The fraction of sp³-hybridized carbons (Fsp3) is 0.538. The van der Waals surface area contributed by atoms with E-state index in [0.717, 1.165) is 23.7 Å². The molecule has 280 valence electrons. The van der Waals surface area contributed by atoms with Crippen LogP contribution in [0.25, 0.3) is 0 Å². The van der Waals surface area contributed by atoms with Crippen LogP contribution in [0.3, 0.4) is 0 Å². The summed E-state index contributed by atoms with van der Waals surface area (Å²) in [5.74, 6) is 4.72. The third-order valence-corrected chi connectivity index (χ3v) is 12.6. The molecule has 2 unspecified atom stereocenters. The van der Waals surface area contributed by atoms with Gasteiger partial charge in [0.1, 0.15) is 0 Å². The SMILES string of the molecule is CC(C)C1CCCc2ccccc21.CC(C)C1CCc2ccccc2C1.CC(C)c1ccc2c(c1)CCCC2.CC(C)c1cccc2c1CCCC2. The summed E-state index contributed by atoms with van der Waals surface area (Å²) in [6.07, 6.45) is 18.8. The van der Waals surface area contributed by atoms with Gasteiger partial charge in [0, 0.05) is 0 Å².